The maximum Gasteiger partial charge on any atom is 0.341 e. The van der Waals surface area contributed by atoms with Gasteiger partial charge < -0.3 is 28.3 Å². The summed E-state index contributed by atoms with van der Waals surface area (Å²) in [6.07, 6.45) is 3.53. The molecule has 0 spiro atoms. The third kappa shape index (κ3) is 4.68. The molecular weight excluding hydrogens is 412 g/mol. The van der Waals surface area contributed by atoms with Gasteiger partial charge >= 0.3 is 5.97 Å². The van der Waals surface area contributed by atoms with Gasteiger partial charge in [-0.2, -0.15) is 5.26 Å². The number of nitrogens with zero attached hydrogens (tertiary/aromatic N) is 2. The van der Waals surface area contributed by atoms with Gasteiger partial charge in [0.1, 0.15) is 28.9 Å². The summed E-state index contributed by atoms with van der Waals surface area (Å²) in [4.78, 5) is 12.3. The highest BCUT2D eigenvalue weighted by atomic mass is 16.7. The summed E-state index contributed by atoms with van der Waals surface area (Å²) in [5.74, 6) is 1.07. The van der Waals surface area contributed by atoms with Crippen LogP contribution in [0, 0.1) is 11.3 Å². The Balaban J connectivity index is 2.07. The Morgan fingerprint density at radius 3 is 2.47 bits per heavy atom. The topological polar surface area (TPSA) is 91.9 Å². The zero-order valence-electron chi connectivity index (χ0n) is 18.4. The molecule has 0 saturated heterocycles. The quantitative estimate of drug-likeness (QED) is 0.367. The lowest BCUT2D eigenvalue weighted by Crippen LogP contribution is -2.10. The van der Waals surface area contributed by atoms with Gasteiger partial charge in [0, 0.05) is 48.5 Å². The van der Waals surface area contributed by atoms with E-state index < -0.39 is 5.97 Å². The Bertz CT molecular complexity index is 1150. The predicted molar refractivity (Wildman–Crippen MR) is 117 cm³/mol. The Hall–Kier alpha value is -3.96. The molecule has 2 aromatic carbocycles. The van der Waals surface area contributed by atoms with Crippen LogP contribution in [0.5, 0.6) is 17.2 Å². The first kappa shape index (κ1) is 22.7. The molecule has 0 N–H and O–H groups in total. The molecular formula is C24H24N2O6. The molecule has 0 amide bonds. The predicted octanol–water partition coefficient (Wildman–Crippen LogP) is 4.19. The average molecular weight is 436 g/mol. The number of aromatic nitrogens is 1. The van der Waals surface area contributed by atoms with Crippen LogP contribution in [-0.2, 0) is 9.47 Å². The van der Waals surface area contributed by atoms with Crippen molar-refractivity contribution in [1.29, 1.82) is 5.26 Å². The van der Waals surface area contributed by atoms with E-state index in [2.05, 4.69) is 6.07 Å². The van der Waals surface area contributed by atoms with E-state index in [1.165, 1.54) is 7.11 Å². The lowest BCUT2D eigenvalue weighted by molar-refractivity contribution is 0.0438. The molecule has 0 aliphatic rings. The Morgan fingerprint density at radius 1 is 1.00 bits per heavy atom. The summed E-state index contributed by atoms with van der Waals surface area (Å²) >= 11 is 0. The molecule has 1 aromatic heterocycles. The molecule has 0 unspecified atom stereocenters. The fraction of sp³-hybridized carbons (Fsp3) is 0.250. The van der Waals surface area contributed by atoms with Crippen molar-refractivity contribution in [3.63, 3.8) is 0 Å². The van der Waals surface area contributed by atoms with E-state index in [0.29, 0.717) is 34.1 Å². The zero-order chi connectivity index (χ0) is 23.1. The molecule has 3 aromatic rings. The molecule has 0 radical (unpaired) electrons. The lowest BCUT2D eigenvalue weighted by atomic mass is 10.0. The van der Waals surface area contributed by atoms with Gasteiger partial charge in [-0.3, -0.25) is 0 Å². The molecule has 0 saturated carbocycles. The normalized spacial score (nSPS) is 10.3. The summed E-state index contributed by atoms with van der Waals surface area (Å²) in [7, 11) is 4.64. The molecule has 0 aliphatic heterocycles. The molecule has 0 aliphatic carbocycles. The van der Waals surface area contributed by atoms with Gasteiger partial charge in [-0.05, 0) is 31.2 Å². The number of hydrogen-bond acceptors (Lipinski definition) is 7. The largest absolute Gasteiger partial charge is 0.497 e. The first-order chi connectivity index (χ1) is 15.6. The molecule has 3 rings (SSSR count). The number of esters is 1. The van der Waals surface area contributed by atoms with Crippen LogP contribution in [0.3, 0.4) is 0 Å². The minimum Gasteiger partial charge on any atom is -0.497 e. The van der Waals surface area contributed by atoms with E-state index in [4.69, 9.17) is 23.7 Å². The number of rotatable bonds is 9. The number of carbonyl (C=O) groups excluding carboxylic acids is 1. The fourth-order valence-electron chi connectivity index (χ4n) is 3.22. The fourth-order valence-corrected chi connectivity index (χ4v) is 3.22. The first-order valence-electron chi connectivity index (χ1n) is 9.84. The van der Waals surface area contributed by atoms with Crippen LogP contribution in [0.15, 0.2) is 48.8 Å². The summed E-state index contributed by atoms with van der Waals surface area (Å²) in [6, 6.07) is 12.7. The molecule has 166 valence electrons. The van der Waals surface area contributed by atoms with Gasteiger partial charge in [0.15, 0.2) is 6.79 Å². The van der Waals surface area contributed by atoms with Crippen molar-refractivity contribution < 1.29 is 28.5 Å². The van der Waals surface area contributed by atoms with Crippen LogP contribution in [0.1, 0.15) is 22.8 Å². The van der Waals surface area contributed by atoms with Gasteiger partial charge in [0.05, 0.1) is 26.4 Å². The first-order valence-corrected chi connectivity index (χ1v) is 9.84. The second-order valence-corrected chi connectivity index (χ2v) is 6.62. The third-order valence-electron chi connectivity index (χ3n) is 4.74. The minimum absolute atomic E-state index is 0.0285. The van der Waals surface area contributed by atoms with Crippen LogP contribution in [0.2, 0.25) is 0 Å². The van der Waals surface area contributed by atoms with Crippen molar-refractivity contribution in [1.82, 2.24) is 4.57 Å². The zero-order valence-corrected chi connectivity index (χ0v) is 18.4. The van der Waals surface area contributed by atoms with E-state index in [9.17, 15) is 10.1 Å². The molecule has 32 heavy (non-hydrogen) atoms. The van der Waals surface area contributed by atoms with Crippen LogP contribution < -0.4 is 14.2 Å². The Labute approximate surface area is 186 Å². The highest BCUT2D eigenvalue weighted by molar-refractivity contribution is 5.93. The van der Waals surface area contributed by atoms with Crippen LogP contribution in [0.4, 0.5) is 0 Å². The third-order valence-corrected chi connectivity index (χ3v) is 4.74. The van der Waals surface area contributed by atoms with Crippen molar-refractivity contribution in [3.8, 4) is 40.1 Å². The summed E-state index contributed by atoms with van der Waals surface area (Å²) in [5, 5.41) is 9.72. The molecule has 8 heteroatoms. The second kappa shape index (κ2) is 10.4. The number of nitriles is 1. The van der Waals surface area contributed by atoms with E-state index in [0.717, 1.165) is 5.56 Å². The van der Waals surface area contributed by atoms with Crippen molar-refractivity contribution in [2.75, 3.05) is 34.7 Å². The average Bonchev–Trinajstić information content (AvgIpc) is 3.26. The van der Waals surface area contributed by atoms with E-state index in [-0.39, 0.29) is 19.0 Å². The van der Waals surface area contributed by atoms with Gasteiger partial charge in [-0.25, -0.2) is 4.79 Å². The monoisotopic (exact) mass is 436 g/mol. The van der Waals surface area contributed by atoms with Crippen molar-refractivity contribution in [2.45, 2.75) is 6.92 Å². The number of hydrogen-bond donors (Lipinski definition) is 0. The Morgan fingerprint density at radius 2 is 1.81 bits per heavy atom. The smallest absolute Gasteiger partial charge is 0.341 e. The van der Waals surface area contributed by atoms with Gasteiger partial charge in [-0.1, -0.05) is 0 Å². The van der Waals surface area contributed by atoms with Crippen molar-refractivity contribution >= 4 is 5.97 Å². The van der Waals surface area contributed by atoms with Crippen LogP contribution in [0.25, 0.3) is 16.8 Å². The number of ether oxygens (including phenoxy) is 5. The SMILES string of the molecule is CCOC(=O)c1ccc(-n2cc(C#N)c(-c3ccc(OC)cc3OC)c2)cc1OCOC. The molecule has 0 atom stereocenters. The van der Waals surface area contributed by atoms with Gasteiger partial charge in [0.25, 0.3) is 0 Å². The highest BCUT2D eigenvalue weighted by Gasteiger charge is 2.18. The summed E-state index contributed by atoms with van der Waals surface area (Å²) < 4.78 is 28.2. The Kier molecular flexibility index (Phi) is 7.37. The highest BCUT2D eigenvalue weighted by Crippen LogP contribution is 2.36. The summed E-state index contributed by atoms with van der Waals surface area (Å²) in [6.45, 7) is 1.96. The number of methoxy groups -OCH3 is 3. The van der Waals surface area contributed by atoms with Crippen molar-refractivity contribution in [3.05, 3.63) is 59.9 Å². The number of carbonyl (C=O) groups is 1. The molecule has 8 nitrogen and oxygen atoms in total. The van der Waals surface area contributed by atoms with E-state index in [1.807, 2.05) is 12.3 Å². The summed E-state index contributed by atoms with van der Waals surface area (Å²) in [5.41, 5.74) is 2.89. The van der Waals surface area contributed by atoms with Gasteiger partial charge in [0.2, 0.25) is 0 Å². The van der Waals surface area contributed by atoms with E-state index >= 15 is 0 Å². The van der Waals surface area contributed by atoms with Gasteiger partial charge in [-0.15, -0.1) is 0 Å². The molecule has 0 fully saturated rings. The standard InChI is InChI=1S/C24H24N2O6/c1-5-31-24(27)20-8-6-17(10-23(20)32-15-28-2)26-13-16(12-25)21(14-26)19-9-7-18(29-3)11-22(19)30-4/h6-11,13-14H,5,15H2,1-4H3. The lowest BCUT2D eigenvalue weighted by Gasteiger charge is -2.13. The maximum atomic E-state index is 12.3. The van der Waals surface area contributed by atoms with E-state index in [1.54, 1.807) is 62.2 Å². The second-order valence-electron chi connectivity index (χ2n) is 6.62. The minimum atomic E-state index is -0.487. The maximum absolute atomic E-state index is 12.3. The molecule has 0 bridgehead atoms. The van der Waals surface area contributed by atoms with Crippen molar-refractivity contribution in [2.24, 2.45) is 0 Å². The molecule has 1 heterocycles. The van der Waals surface area contributed by atoms with Crippen LogP contribution in [-0.4, -0.2) is 45.3 Å². The number of benzene rings is 2. The van der Waals surface area contributed by atoms with Crippen LogP contribution >= 0.6 is 0 Å².